The Morgan fingerprint density at radius 1 is 1.41 bits per heavy atom. The van der Waals surface area contributed by atoms with Crippen LogP contribution in [0, 0.1) is 0 Å². The molecule has 0 atom stereocenters. The molecule has 0 radical (unpaired) electrons. The minimum absolute atomic E-state index is 0.197. The van der Waals surface area contributed by atoms with Crippen molar-refractivity contribution < 1.29 is 27.5 Å². The van der Waals surface area contributed by atoms with E-state index in [4.69, 9.17) is 16.3 Å². The fourth-order valence-electron chi connectivity index (χ4n) is 1.39. The topological polar surface area (TPSA) is 68.3 Å². The predicted molar refractivity (Wildman–Crippen MR) is 73.4 cm³/mol. The average Bonchev–Trinajstić information content (AvgIpc) is 2.44. The summed E-state index contributed by atoms with van der Waals surface area (Å²) in [4.78, 5) is 26.2. The molecule has 1 rings (SSSR count). The van der Waals surface area contributed by atoms with Gasteiger partial charge in [0.2, 0.25) is 0 Å². The molecule has 0 aliphatic carbocycles. The minimum Gasteiger partial charge on any atom is -0.456 e. The summed E-state index contributed by atoms with van der Waals surface area (Å²) in [6, 6.07) is 0.650. The van der Waals surface area contributed by atoms with Gasteiger partial charge in [-0.25, -0.2) is 4.98 Å². The molecule has 0 aromatic carbocycles. The van der Waals surface area contributed by atoms with Crippen LogP contribution >= 0.6 is 11.6 Å². The highest BCUT2D eigenvalue weighted by Gasteiger charge is 2.31. The van der Waals surface area contributed by atoms with Crippen LogP contribution in [-0.4, -0.2) is 23.5 Å². The van der Waals surface area contributed by atoms with Crippen LogP contribution < -0.4 is 5.32 Å². The fourth-order valence-corrected chi connectivity index (χ4v) is 1.61. The van der Waals surface area contributed by atoms with E-state index in [-0.39, 0.29) is 17.3 Å². The Balaban J connectivity index is 2.56. The molecule has 5 nitrogen and oxygen atoms in total. The number of halogens is 4. The molecule has 1 aromatic rings. The zero-order valence-electron chi connectivity index (χ0n) is 11.7. The third kappa shape index (κ3) is 5.88. The summed E-state index contributed by atoms with van der Waals surface area (Å²) in [5, 5.41) is 1.81. The first-order valence-corrected chi connectivity index (χ1v) is 6.80. The highest BCUT2D eigenvalue weighted by Crippen LogP contribution is 2.32. The number of amides is 1. The van der Waals surface area contributed by atoms with Gasteiger partial charge in [0.1, 0.15) is 0 Å². The van der Waals surface area contributed by atoms with Gasteiger partial charge in [-0.05, 0) is 12.5 Å². The maximum atomic E-state index is 12.4. The van der Waals surface area contributed by atoms with Crippen molar-refractivity contribution in [3.05, 3.63) is 22.8 Å². The zero-order valence-corrected chi connectivity index (χ0v) is 12.4. The molecule has 1 aromatic heterocycles. The van der Waals surface area contributed by atoms with Crippen molar-refractivity contribution in [2.75, 3.05) is 11.9 Å². The summed E-state index contributed by atoms with van der Waals surface area (Å²) >= 11 is 5.63. The van der Waals surface area contributed by atoms with Gasteiger partial charge in [0.15, 0.2) is 12.4 Å². The largest absolute Gasteiger partial charge is 0.456 e. The van der Waals surface area contributed by atoms with Crippen molar-refractivity contribution in [2.24, 2.45) is 0 Å². The molecule has 0 bridgehead atoms. The molecular weight excluding hydrogens is 325 g/mol. The lowest BCUT2D eigenvalue weighted by atomic mass is 10.2. The molecule has 1 N–H and O–H groups in total. The average molecular weight is 339 g/mol. The molecule has 122 valence electrons. The first-order chi connectivity index (χ1) is 10.2. The van der Waals surface area contributed by atoms with Crippen LogP contribution in [0.1, 0.15) is 31.7 Å². The van der Waals surface area contributed by atoms with E-state index in [0.717, 1.165) is 6.42 Å². The standard InChI is InChI=1S/C13H14ClF3N2O3/c1-2-3-4-11(21)22-7-10(20)19-12-9(14)5-8(6-18-12)13(15,16)17/h5-6H,2-4,7H2,1H3,(H,18,19,20). The number of rotatable bonds is 6. The molecular formula is C13H14ClF3N2O3. The van der Waals surface area contributed by atoms with Crippen molar-refractivity contribution in [3.8, 4) is 0 Å². The van der Waals surface area contributed by atoms with Crippen LogP contribution in [-0.2, 0) is 20.5 Å². The Hall–Kier alpha value is -1.83. The van der Waals surface area contributed by atoms with Crippen molar-refractivity contribution in [3.63, 3.8) is 0 Å². The highest BCUT2D eigenvalue weighted by molar-refractivity contribution is 6.33. The Kier molecular flexibility index (Phi) is 6.61. The van der Waals surface area contributed by atoms with Gasteiger partial charge in [-0.15, -0.1) is 0 Å². The summed E-state index contributed by atoms with van der Waals surface area (Å²) in [6.07, 6.45) is -2.37. The van der Waals surface area contributed by atoms with Crippen LogP contribution in [0.25, 0.3) is 0 Å². The summed E-state index contributed by atoms with van der Waals surface area (Å²) in [5.74, 6) is -1.49. The number of pyridine rings is 1. The van der Waals surface area contributed by atoms with Crippen molar-refractivity contribution in [2.45, 2.75) is 32.4 Å². The van der Waals surface area contributed by atoms with E-state index in [1.54, 1.807) is 0 Å². The van der Waals surface area contributed by atoms with Gasteiger partial charge in [0.25, 0.3) is 5.91 Å². The number of nitrogens with zero attached hydrogens (tertiary/aromatic N) is 1. The van der Waals surface area contributed by atoms with Gasteiger partial charge in [0, 0.05) is 12.6 Å². The Labute approximate surface area is 129 Å². The van der Waals surface area contributed by atoms with Gasteiger partial charge >= 0.3 is 12.1 Å². The maximum Gasteiger partial charge on any atom is 0.417 e. The third-order valence-corrected chi connectivity index (χ3v) is 2.81. The van der Waals surface area contributed by atoms with Gasteiger partial charge in [-0.3, -0.25) is 9.59 Å². The summed E-state index contributed by atoms with van der Waals surface area (Å²) in [5.41, 5.74) is -1.03. The van der Waals surface area contributed by atoms with E-state index < -0.39 is 30.2 Å². The second kappa shape index (κ2) is 7.98. The summed E-state index contributed by atoms with van der Waals surface area (Å²) in [7, 11) is 0. The Bertz CT molecular complexity index is 550. The number of carbonyl (C=O) groups excluding carboxylic acids is 2. The number of ether oxygens (including phenoxy) is 1. The minimum atomic E-state index is -4.58. The lowest BCUT2D eigenvalue weighted by Crippen LogP contribution is -2.21. The zero-order chi connectivity index (χ0) is 16.8. The predicted octanol–water partition coefficient (Wildman–Crippen LogP) is 3.43. The molecule has 0 spiro atoms. The monoisotopic (exact) mass is 338 g/mol. The van der Waals surface area contributed by atoms with E-state index in [2.05, 4.69) is 10.3 Å². The van der Waals surface area contributed by atoms with Gasteiger partial charge in [0.05, 0.1) is 10.6 Å². The number of aromatic nitrogens is 1. The molecule has 0 aliphatic heterocycles. The molecule has 0 saturated heterocycles. The van der Waals surface area contributed by atoms with Gasteiger partial charge in [-0.1, -0.05) is 24.9 Å². The molecule has 0 saturated carbocycles. The van der Waals surface area contributed by atoms with Crippen molar-refractivity contribution in [1.82, 2.24) is 4.98 Å². The highest BCUT2D eigenvalue weighted by atomic mass is 35.5. The second-order valence-electron chi connectivity index (χ2n) is 4.36. The van der Waals surface area contributed by atoms with E-state index in [9.17, 15) is 22.8 Å². The molecule has 0 aliphatic rings. The second-order valence-corrected chi connectivity index (χ2v) is 4.77. The number of hydrogen-bond donors (Lipinski definition) is 1. The lowest BCUT2D eigenvalue weighted by Gasteiger charge is -2.10. The normalized spacial score (nSPS) is 11.1. The van der Waals surface area contributed by atoms with Crippen LogP contribution in [0.15, 0.2) is 12.3 Å². The summed E-state index contributed by atoms with van der Waals surface area (Å²) in [6.45, 7) is 1.35. The Morgan fingerprint density at radius 2 is 2.09 bits per heavy atom. The molecule has 0 unspecified atom stereocenters. The summed E-state index contributed by atoms with van der Waals surface area (Å²) < 4.78 is 42.0. The van der Waals surface area contributed by atoms with Crippen molar-refractivity contribution in [1.29, 1.82) is 0 Å². The smallest absolute Gasteiger partial charge is 0.417 e. The molecule has 22 heavy (non-hydrogen) atoms. The quantitative estimate of drug-likeness (QED) is 0.807. The number of carbonyl (C=O) groups is 2. The van der Waals surface area contributed by atoms with Crippen LogP contribution in [0.2, 0.25) is 5.02 Å². The number of hydrogen-bond acceptors (Lipinski definition) is 4. The molecule has 9 heteroatoms. The van der Waals surface area contributed by atoms with E-state index in [0.29, 0.717) is 18.7 Å². The number of alkyl halides is 3. The Morgan fingerprint density at radius 3 is 2.64 bits per heavy atom. The van der Waals surface area contributed by atoms with E-state index >= 15 is 0 Å². The first kappa shape index (κ1) is 18.2. The number of anilines is 1. The van der Waals surface area contributed by atoms with E-state index in [1.807, 2.05) is 6.92 Å². The third-order valence-electron chi connectivity index (χ3n) is 2.53. The number of nitrogens with one attached hydrogen (secondary N) is 1. The fraction of sp³-hybridized carbons (Fsp3) is 0.462. The molecule has 1 amide bonds. The van der Waals surface area contributed by atoms with Gasteiger partial charge < -0.3 is 10.1 Å². The lowest BCUT2D eigenvalue weighted by molar-refractivity contribution is -0.147. The maximum absolute atomic E-state index is 12.4. The SMILES string of the molecule is CCCCC(=O)OCC(=O)Nc1ncc(C(F)(F)F)cc1Cl. The molecule has 0 fully saturated rings. The first-order valence-electron chi connectivity index (χ1n) is 6.42. The van der Waals surface area contributed by atoms with Crippen LogP contribution in [0.4, 0.5) is 19.0 Å². The van der Waals surface area contributed by atoms with Crippen LogP contribution in [0.3, 0.4) is 0 Å². The number of esters is 1. The molecule has 1 heterocycles. The van der Waals surface area contributed by atoms with Crippen molar-refractivity contribution >= 4 is 29.3 Å². The van der Waals surface area contributed by atoms with Crippen LogP contribution in [0.5, 0.6) is 0 Å². The van der Waals surface area contributed by atoms with E-state index in [1.165, 1.54) is 0 Å². The number of unbranched alkanes of at least 4 members (excludes halogenated alkanes) is 1. The van der Waals surface area contributed by atoms with Gasteiger partial charge in [-0.2, -0.15) is 13.2 Å².